The molecule has 1 aromatic carbocycles. The highest BCUT2D eigenvalue weighted by molar-refractivity contribution is 7.48. The lowest BCUT2D eigenvalue weighted by atomic mass is 10.0. The fourth-order valence-corrected chi connectivity index (χ4v) is 6.02. The Labute approximate surface area is 203 Å². The molecule has 186 valence electrons. The van der Waals surface area contributed by atoms with Gasteiger partial charge in [0.25, 0.3) is 5.56 Å². The number of phosphoric acid groups is 1. The summed E-state index contributed by atoms with van der Waals surface area (Å²) in [4.78, 5) is 22.7. The molecule has 35 heavy (non-hydrogen) atoms. The van der Waals surface area contributed by atoms with Crippen molar-refractivity contribution in [2.45, 2.75) is 31.1 Å². The standard InChI is InChI=1S/C21H22ClFN5O6P/c1-10-13(16(29)7-15(10)28-9-25-18-19(28)26-21(24)27-20(18)30)8-33-35(31)32-5-4-17(34-35)12-6-11(22)2-3-14(12)23/h2-3,6,9,13,15-17,29H,1,4-5,7-8H2,(H3,24,26,27,30)/t13-,15?,16-,17+,35-/m0/s1. The van der Waals surface area contributed by atoms with Crippen molar-refractivity contribution < 1.29 is 27.6 Å². The molecular weight excluding hydrogens is 504 g/mol. The van der Waals surface area contributed by atoms with Crippen LogP contribution in [0.4, 0.5) is 10.3 Å². The topological polar surface area (TPSA) is 155 Å². The molecule has 1 unspecified atom stereocenters. The van der Waals surface area contributed by atoms with Crippen LogP contribution in [0.25, 0.3) is 11.2 Å². The quantitative estimate of drug-likeness (QED) is 0.336. The number of aliphatic hydroxyl groups excluding tert-OH is 1. The number of nitrogens with two attached hydrogens (primary N) is 1. The highest BCUT2D eigenvalue weighted by atomic mass is 35.5. The Morgan fingerprint density at radius 3 is 3.06 bits per heavy atom. The molecule has 11 nitrogen and oxygen atoms in total. The lowest BCUT2D eigenvalue weighted by molar-refractivity contribution is 0.0155. The summed E-state index contributed by atoms with van der Waals surface area (Å²) in [6, 6.07) is 3.56. The number of fused-ring (bicyclic) bond motifs is 1. The van der Waals surface area contributed by atoms with Crippen molar-refractivity contribution in [2.75, 3.05) is 18.9 Å². The monoisotopic (exact) mass is 525 g/mol. The summed E-state index contributed by atoms with van der Waals surface area (Å²) in [5.41, 5.74) is 6.26. The minimum absolute atomic E-state index is 0.0212. The second-order valence-electron chi connectivity index (χ2n) is 8.40. The van der Waals surface area contributed by atoms with Crippen LogP contribution in [-0.2, 0) is 18.1 Å². The van der Waals surface area contributed by atoms with Gasteiger partial charge in [0.2, 0.25) is 5.95 Å². The SMILES string of the molecule is C=C1C(n2cnc3c(=O)[nH]c(N)nc32)C[C@H](O)[C@H]1CO[P@]1(=O)OCC[C@H](c2cc(Cl)ccc2F)O1. The number of rotatable bonds is 5. The van der Waals surface area contributed by atoms with Crippen LogP contribution in [-0.4, -0.2) is 43.9 Å². The Balaban J connectivity index is 1.31. The first-order chi connectivity index (χ1) is 16.6. The van der Waals surface area contributed by atoms with Crippen LogP contribution in [0.2, 0.25) is 5.02 Å². The van der Waals surface area contributed by atoms with Gasteiger partial charge in [-0.05, 0) is 30.2 Å². The predicted octanol–water partition coefficient (Wildman–Crippen LogP) is 3.28. The smallest absolute Gasteiger partial charge is 0.392 e. The van der Waals surface area contributed by atoms with Gasteiger partial charge in [0.05, 0.1) is 37.8 Å². The molecule has 1 saturated carbocycles. The molecule has 5 rings (SSSR count). The number of benzene rings is 1. The number of anilines is 1. The number of hydrogen-bond donors (Lipinski definition) is 3. The minimum Gasteiger partial charge on any atom is -0.392 e. The van der Waals surface area contributed by atoms with Crippen molar-refractivity contribution in [3.05, 3.63) is 63.4 Å². The Morgan fingerprint density at radius 1 is 1.46 bits per heavy atom. The van der Waals surface area contributed by atoms with Crippen molar-refractivity contribution in [1.82, 2.24) is 19.5 Å². The van der Waals surface area contributed by atoms with Crippen LogP contribution in [0.15, 0.2) is 41.5 Å². The summed E-state index contributed by atoms with van der Waals surface area (Å²) in [6.45, 7) is 3.88. The fraction of sp³-hybridized carbons (Fsp3) is 0.381. The van der Waals surface area contributed by atoms with E-state index in [-0.39, 0.29) is 48.7 Å². The predicted molar refractivity (Wildman–Crippen MR) is 124 cm³/mol. The van der Waals surface area contributed by atoms with E-state index in [0.717, 1.165) is 0 Å². The number of nitrogens with zero attached hydrogens (tertiary/aromatic N) is 3. The molecule has 14 heteroatoms. The van der Waals surface area contributed by atoms with Gasteiger partial charge in [-0.1, -0.05) is 18.2 Å². The molecule has 5 atom stereocenters. The molecule has 2 fully saturated rings. The van der Waals surface area contributed by atoms with E-state index in [2.05, 4.69) is 21.5 Å². The van der Waals surface area contributed by atoms with Crippen LogP contribution >= 0.6 is 19.4 Å². The van der Waals surface area contributed by atoms with E-state index in [0.29, 0.717) is 10.6 Å². The van der Waals surface area contributed by atoms with Gasteiger partial charge in [-0.25, -0.2) is 13.9 Å². The second kappa shape index (κ2) is 9.12. The van der Waals surface area contributed by atoms with Gasteiger partial charge >= 0.3 is 7.82 Å². The maximum Gasteiger partial charge on any atom is 0.475 e. The molecular formula is C21H22ClFN5O6P. The molecule has 1 aliphatic heterocycles. The maximum absolute atomic E-state index is 14.3. The third kappa shape index (κ3) is 4.53. The Morgan fingerprint density at radius 2 is 2.26 bits per heavy atom. The van der Waals surface area contributed by atoms with E-state index in [1.807, 2.05) is 0 Å². The normalized spacial score (nSPS) is 29.2. The number of halogens is 2. The molecule has 2 aliphatic rings. The van der Waals surface area contributed by atoms with E-state index >= 15 is 0 Å². The fourth-order valence-electron chi connectivity index (χ4n) is 4.44. The summed E-state index contributed by atoms with van der Waals surface area (Å²) in [6.07, 6.45) is 0.146. The van der Waals surface area contributed by atoms with E-state index in [1.165, 1.54) is 24.5 Å². The van der Waals surface area contributed by atoms with Gasteiger partial charge < -0.3 is 15.4 Å². The van der Waals surface area contributed by atoms with E-state index < -0.39 is 43.4 Å². The molecule has 2 aromatic heterocycles. The molecule has 3 heterocycles. The van der Waals surface area contributed by atoms with Crippen molar-refractivity contribution in [2.24, 2.45) is 5.92 Å². The number of aromatic amines is 1. The maximum atomic E-state index is 14.3. The van der Waals surface area contributed by atoms with Crippen molar-refractivity contribution in [1.29, 1.82) is 0 Å². The summed E-state index contributed by atoms with van der Waals surface area (Å²) in [5.74, 6) is -1.24. The van der Waals surface area contributed by atoms with Crippen LogP contribution in [0.5, 0.6) is 0 Å². The van der Waals surface area contributed by atoms with Crippen LogP contribution in [0.1, 0.15) is 30.6 Å². The Hall–Kier alpha value is -2.60. The highest BCUT2D eigenvalue weighted by Crippen LogP contribution is 2.58. The molecule has 0 amide bonds. The van der Waals surface area contributed by atoms with Crippen LogP contribution in [0, 0.1) is 11.7 Å². The second-order valence-corrected chi connectivity index (χ2v) is 10.5. The van der Waals surface area contributed by atoms with E-state index in [9.17, 15) is 18.9 Å². The third-order valence-corrected chi connectivity index (χ3v) is 7.93. The molecule has 0 radical (unpaired) electrons. The van der Waals surface area contributed by atoms with Gasteiger partial charge in [-0.3, -0.25) is 23.3 Å². The van der Waals surface area contributed by atoms with Crippen molar-refractivity contribution >= 4 is 36.5 Å². The average Bonchev–Trinajstić information content (AvgIpc) is 3.34. The average molecular weight is 526 g/mol. The van der Waals surface area contributed by atoms with Gasteiger partial charge in [-0.15, -0.1) is 0 Å². The lowest BCUT2D eigenvalue weighted by Gasteiger charge is -2.30. The first-order valence-electron chi connectivity index (χ1n) is 10.8. The Bertz CT molecular complexity index is 1410. The number of nitrogens with one attached hydrogen (secondary N) is 1. The third-order valence-electron chi connectivity index (χ3n) is 6.22. The van der Waals surface area contributed by atoms with Crippen LogP contribution < -0.4 is 11.3 Å². The number of nitrogen functional groups attached to an aromatic ring is 1. The number of imidazole rings is 1. The highest BCUT2D eigenvalue weighted by Gasteiger charge is 2.42. The summed E-state index contributed by atoms with van der Waals surface area (Å²) >= 11 is 5.97. The summed E-state index contributed by atoms with van der Waals surface area (Å²) in [5, 5.41) is 11.0. The first kappa shape index (κ1) is 24.1. The molecule has 4 N–H and O–H groups in total. The summed E-state index contributed by atoms with van der Waals surface area (Å²) < 4.78 is 45.4. The lowest BCUT2D eigenvalue weighted by Crippen LogP contribution is -2.22. The zero-order chi connectivity index (χ0) is 24.9. The van der Waals surface area contributed by atoms with Gasteiger partial charge in [0.1, 0.15) is 5.82 Å². The van der Waals surface area contributed by atoms with Gasteiger partial charge in [0, 0.05) is 22.9 Å². The Kier molecular flexibility index (Phi) is 6.28. The van der Waals surface area contributed by atoms with E-state index in [1.54, 1.807) is 4.57 Å². The van der Waals surface area contributed by atoms with Crippen LogP contribution in [0.3, 0.4) is 0 Å². The van der Waals surface area contributed by atoms with E-state index in [4.69, 9.17) is 30.9 Å². The molecule has 3 aromatic rings. The minimum atomic E-state index is -4.06. The van der Waals surface area contributed by atoms with Gasteiger partial charge in [-0.2, -0.15) is 4.98 Å². The van der Waals surface area contributed by atoms with Crippen molar-refractivity contribution in [3.63, 3.8) is 0 Å². The first-order valence-corrected chi connectivity index (χ1v) is 12.6. The number of H-pyrrole nitrogens is 1. The number of aromatic nitrogens is 4. The molecule has 1 saturated heterocycles. The number of phosphoric ester groups is 1. The molecule has 0 bridgehead atoms. The molecule has 1 aliphatic carbocycles. The zero-order valence-electron chi connectivity index (χ0n) is 18.3. The summed E-state index contributed by atoms with van der Waals surface area (Å²) in [7, 11) is -4.06. The van der Waals surface area contributed by atoms with Gasteiger partial charge in [0.15, 0.2) is 11.2 Å². The molecule has 0 spiro atoms. The largest absolute Gasteiger partial charge is 0.475 e. The van der Waals surface area contributed by atoms with Crippen molar-refractivity contribution in [3.8, 4) is 0 Å². The zero-order valence-corrected chi connectivity index (χ0v) is 19.9. The number of aliphatic hydroxyl groups is 1. The number of hydrogen-bond acceptors (Lipinski definition) is 9.